The molecular formula is C29H27F3N4O2S. The van der Waals surface area contributed by atoms with Gasteiger partial charge < -0.3 is 20.7 Å². The van der Waals surface area contributed by atoms with Gasteiger partial charge >= 0.3 is 12.1 Å². The second-order valence-corrected chi connectivity index (χ2v) is 9.86. The first kappa shape index (κ1) is 27.9. The van der Waals surface area contributed by atoms with E-state index < -0.39 is 12.1 Å². The lowest BCUT2D eigenvalue weighted by Gasteiger charge is -2.08. The lowest BCUT2D eigenvalue weighted by molar-refractivity contribution is -0.192. The summed E-state index contributed by atoms with van der Waals surface area (Å²) in [6.07, 6.45) is -5.08. The van der Waals surface area contributed by atoms with E-state index in [1.807, 2.05) is 7.05 Å². The Bertz CT molecular complexity index is 1560. The van der Waals surface area contributed by atoms with Crippen LogP contribution < -0.4 is 10.6 Å². The monoisotopic (exact) mass is 552 g/mol. The third kappa shape index (κ3) is 7.24. The van der Waals surface area contributed by atoms with E-state index in [0.29, 0.717) is 0 Å². The number of aromatic nitrogens is 2. The van der Waals surface area contributed by atoms with E-state index in [0.717, 1.165) is 40.5 Å². The first-order valence-corrected chi connectivity index (χ1v) is 12.9. The zero-order valence-electron chi connectivity index (χ0n) is 21.3. The van der Waals surface area contributed by atoms with Crippen molar-refractivity contribution in [2.45, 2.75) is 26.2 Å². The van der Waals surface area contributed by atoms with Gasteiger partial charge in [0.25, 0.3) is 0 Å². The van der Waals surface area contributed by atoms with Crippen molar-refractivity contribution in [2.75, 3.05) is 12.4 Å². The van der Waals surface area contributed by atoms with Crippen molar-refractivity contribution in [3.8, 4) is 21.1 Å². The van der Waals surface area contributed by atoms with Gasteiger partial charge in [-0.25, -0.2) is 9.78 Å². The number of benzene rings is 3. The van der Waals surface area contributed by atoms with E-state index in [-0.39, 0.29) is 0 Å². The average Bonchev–Trinajstić information content (AvgIpc) is 3.58. The zero-order chi connectivity index (χ0) is 28.0. The Morgan fingerprint density at radius 3 is 2.28 bits per heavy atom. The Morgan fingerprint density at radius 1 is 0.949 bits per heavy atom. The molecule has 0 unspecified atom stereocenters. The number of halogens is 3. The SMILES string of the molecule is CNc1ccc(CNCc2cccc(-c3ccc(-c4nc5c(C)cccc5[nH]4)s3)c2)cc1.O=C(O)C(F)(F)F. The van der Waals surface area contributed by atoms with Gasteiger partial charge in [-0.2, -0.15) is 13.2 Å². The third-order valence-corrected chi connectivity index (χ3v) is 7.05. The molecule has 0 atom stereocenters. The van der Waals surface area contributed by atoms with Crippen LogP contribution in [0.15, 0.2) is 78.9 Å². The molecule has 0 spiro atoms. The van der Waals surface area contributed by atoms with Crippen molar-refractivity contribution in [1.29, 1.82) is 0 Å². The van der Waals surface area contributed by atoms with Crippen LogP contribution in [0.1, 0.15) is 16.7 Å². The summed E-state index contributed by atoms with van der Waals surface area (Å²) in [7, 11) is 1.94. The Hall–Kier alpha value is -4.15. The maximum Gasteiger partial charge on any atom is 0.490 e. The predicted octanol–water partition coefficient (Wildman–Crippen LogP) is 7.23. The molecule has 39 heavy (non-hydrogen) atoms. The number of carboxylic acids is 1. The summed E-state index contributed by atoms with van der Waals surface area (Å²) >= 11 is 1.77. The predicted molar refractivity (Wildman–Crippen MR) is 150 cm³/mol. The number of carboxylic acid groups (broad SMARTS) is 1. The molecule has 0 aliphatic rings. The maximum atomic E-state index is 10.6. The number of alkyl halides is 3. The van der Waals surface area contributed by atoms with Gasteiger partial charge in [-0.15, -0.1) is 11.3 Å². The second kappa shape index (κ2) is 12.1. The number of carbonyl (C=O) groups is 1. The molecule has 2 aromatic heterocycles. The molecule has 0 bridgehead atoms. The van der Waals surface area contributed by atoms with E-state index in [1.54, 1.807) is 11.3 Å². The summed E-state index contributed by atoms with van der Waals surface area (Å²) in [6.45, 7) is 3.79. The number of aryl methyl sites for hydroxylation is 1. The molecule has 5 rings (SSSR count). The number of anilines is 1. The van der Waals surface area contributed by atoms with E-state index in [9.17, 15) is 13.2 Å². The van der Waals surface area contributed by atoms with Crippen LogP contribution in [0.2, 0.25) is 0 Å². The Labute approximate surface area is 227 Å². The van der Waals surface area contributed by atoms with E-state index in [4.69, 9.17) is 14.9 Å². The molecule has 0 fully saturated rings. The normalized spacial score (nSPS) is 11.2. The molecular weight excluding hydrogens is 525 g/mol. The fraction of sp³-hybridized carbons (Fsp3) is 0.172. The highest BCUT2D eigenvalue weighted by Crippen LogP contribution is 2.34. The van der Waals surface area contributed by atoms with Gasteiger partial charge in [-0.3, -0.25) is 0 Å². The number of thiophene rings is 1. The minimum absolute atomic E-state index is 0.836. The van der Waals surface area contributed by atoms with Crippen LogP contribution in [0.5, 0.6) is 0 Å². The van der Waals surface area contributed by atoms with Crippen LogP contribution in [0.3, 0.4) is 0 Å². The molecule has 0 aliphatic heterocycles. The number of imidazole rings is 1. The molecule has 5 aromatic rings. The summed E-state index contributed by atoms with van der Waals surface area (Å²) < 4.78 is 31.7. The average molecular weight is 553 g/mol. The minimum Gasteiger partial charge on any atom is -0.475 e. The summed E-state index contributed by atoms with van der Waals surface area (Å²) in [5, 5.41) is 13.8. The highest BCUT2D eigenvalue weighted by molar-refractivity contribution is 7.18. The molecule has 0 aliphatic carbocycles. The van der Waals surface area contributed by atoms with Crippen LogP contribution in [-0.4, -0.2) is 34.3 Å². The van der Waals surface area contributed by atoms with Crippen LogP contribution in [0.4, 0.5) is 18.9 Å². The number of hydrogen-bond donors (Lipinski definition) is 4. The molecule has 0 saturated heterocycles. The zero-order valence-corrected chi connectivity index (χ0v) is 22.1. The third-order valence-electron chi connectivity index (χ3n) is 5.91. The van der Waals surface area contributed by atoms with Gasteiger partial charge in [0.2, 0.25) is 0 Å². The number of nitrogens with one attached hydrogen (secondary N) is 3. The number of hydrogen-bond acceptors (Lipinski definition) is 5. The van der Waals surface area contributed by atoms with Gasteiger partial charge in [-0.1, -0.05) is 42.5 Å². The van der Waals surface area contributed by atoms with Crippen molar-refractivity contribution in [2.24, 2.45) is 0 Å². The van der Waals surface area contributed by atoms with Gasteiger partial charge in [0.15, 0.2) is 0 Å². The van der Waals surface area contributed by atoms with Crippen molar-refractivity contribution in [3.05, 3.63) is 95.6 Å². The van der Waals surface area contributed by atoms with Crippen molar-refractivity contribution in [1.82, 2.24) is 15.3 Å². The number of H-pyrrole nitrogens is 1. The quantitative estimate of drug-likeness (QED) is 0.171. The molecule has 3 aromatic carbocycles. The van der Waals surface area contributed by atoms with Gasteiger partial charge in [0, 0.05) is 30.7 Å². The van der Waals surface area contributed by atoms with Crippen LogP contribution >= 0.6 is 11.3 Å². The number of rotatable bonds is 7. The van der Waals surface area contributed by atoms with Gasteiger partial charge in [-0.05, 0) is 65.6 Å². The number of nitrogens with zero attached hydrogens (tertiary/aromatic N) is 1. The first-order chi connectivity index (χ1) is 18.6. The molecule has 10 heteroatoms. The molecule has 0 saturated carbocycles. The molecule has 6 nitrogen and oxygen atoms in total. The van der Waals surface area contributed by atoms with Gasteiger partial charge in [0.05, 0.1) is 15.9 Å². The lowest BCUT2D eigenvalue weighted by Crippen LogP contribution is -2.21. The van der Waals surface area contributed by atoms with Crippen molar-refractivity contribution in [3.63, 3.8) is 0 Å². The first-order valence-electron chi connectivity index (χ1n) is 12.1. The summed E-state index contributed by atoms with van der Waals surface area (Å²) in [5.41, 5.74) is 8.27. The number of aliphatic carboxylic acids is 1. The van der Waals surface area contributed by atoms with Crippen molar-refractivity contribution < 1.29 is 23.1 Å². The van der Waals surface area contributed by atoms with Gasteiger partial charge in [0.1, 0.15) is 5.82 Å². The number of para-hydroxylation sites is 1. The second-order valence-electron chi connectivity index (χ2n) is 8.77. The molecule has 0 amide bonds. The van der Waals surface area contributed by atoms with Crippen molar-refractivity contribution >= 4 is 34.0 Å². The standard InChI is InChI=1S/C27H26N4S.C2HF3O2/c1-18-5-3-8-23-26(18)31-27(30-23)25-14-13-24(32-25)21-7-4-6-20(15-21)17-29-16-19-9-11-22(28-2)12-10-19;3-2(4,5)1(6)7/h3-15,28-29H,16-17H2,1-2H3,(H,30,31);(H,6,7). The Kier molecular flexibility index (Phi) is 8.68. The fourth-order valence-corrected chi connectivity index (χ4v) is 4.83. The minimum atomic E-state index is -5.08. The molecule has 202 valence electrons. The number of fused-ring (bicyclic) bond motifs is 1. The van der Waals surface area contributed by atoms with E-state index >= 15 is 0 Å². The van der Waals surface area contributed by atoms with Crippen LogP contribution in [0.25, 0.3) is 32.2 Å². The Balaban J connectivity index is 0.000000448. The Morgan fingerprint density at radius 2 is 1.62 bits per heavy atom. The summed E-state index contributed by atoms with van der Waals surface area (Å²) in [6, 6.07) is 27.9. The van der Waals surface area contributed by atoms with E-state index in [2.05, 4.69) is 101 Å². The maximum absolute atomic E-state index is 10.6. The highest BCUT2D eigenvalue weighted by atomic mass is 32.1. The topological polar surface area (TPSA) is 90.0 Å². The largest absolute Gasteiger partial charge is 0.490 e. The lowest BCUT2D eigenvalue weighted by atomic mass is 10.1. The summed E-state index contributed by atoms with van der Waals surface area (Å²) in [5.74, 6) is -1.82. The van der Waals surface area contributed by atoms with Crippen LogP contribution in [-0.2, 0) is 17.9 Å². The number of aromatic amines is 1. The highest BCUT2D eigenvalue weighted by Gasteiger charge is 2.38. The van der Waals surface area contributed by atoms with E-state index in [1.165, 1.54) is 27.1 Å². The summed E-state index contributed by atoms with van der Waals surface area (Å²) in [4.78, 5) is 19.6. The fourth-order valence-electron chi connectivity index (χ4n) is 3.89. The smallest absolute Gasteiger partial charge is 0.475 e. The molecule has 4 N–H and O–H groups in total. The molecule has 0 radical (unpaired) electrons. The molecule has 2 heterocycles. The van der Waals surface area contributed by atoms with Crippen LogP contribution in [0, 0.1) is 6.92 Å².